The first-order valence-electron chi connectivity index (χ1n) is 4.55. The van der Waals surface area contributed by atoms with Crippen molar-refractivity contribution < 1.29 is 19.8 Å². The van der Waals surface area contributed by atoms with Crippen LogP contribution in [-0.2, 0) is 0 Å². The van der Waals surface area contributed by atoms with Crippen LogP contribution in [-0.4, -0.2) is 11.9 Å². The van der Waals surface area contributed by atoms with Crippen LogP contribution in [0.4, 0.5) is 0 Å². The summed E-state index contributed by atoms with van der Waals surface area (Å²) >= 11 is 0. The maximum Gasteiger partial charge on any atom is 0.0728 e. The monoisotopic (exact) mass is 214 g/mol. The van der Waals surface area contributed by atoms with E-state index in [0.29, 0.717) is 10.8 Å². The minimum atomic E-state index is -1.52. The molecule has 0 saturated heterocycles. The van der Waals surface area contributed by atoms with Crippen LogP contribution < -0.4 is 10.2 Å². The van der Waals surface area contributed by atoms with Crippen molar-refractivity contribution in [3.8, 4) is 0 Å². The van der Waals surface area contributed by atoms with E-state index in [4.69, 9.17) is 0 Å². The second-order valence-corrected chi connectivity index (χ2v) is 3.28. The number of aromatic carboxylic acids is 2. The Hall–Kier alpha value is -2.36. The Morgan fingerprint density at radius 1 is 0.875 bits per heavy atom. The van der Waals surface area contributed by atoms with Crippen LogP contribution in [0.1, 0.15) is 20.7 Å². The number of carbonyl (C=O) groups excluding carboxylic acids is 2. The van der Waals surface area contributed by atoms with Crippen molar-refractivity contribution in [2.75, 3.05) is 0 Å². The number of hydrogen-bond acceptors (Lipinski definition) is 4. The average molecular weight is 214 g/mol. The van der Waals surface area contributed by atoms with Crippen LogP contribution in [0.2, 0.25) is 0 Å². The fourth-order valence-corrected chi connectivity index (χ4v) is 1.66. The summed E-state index contributed by atoms with van der Waals surface area (Å²) in [5.74, 6) is -3.04. The number of carbonyl (C=O) groups is 2. The van der Waals surface area contributed by atoms with Gasteiger partial charge in [-0.05, 0) is 10.8 Å². The molecule has 0 bridgehead atoms. The van der Waals surface area contributed by atoms with E-state index in [9.17, 15) is 19.8 Å². The molecule has 4 nitrogen and oxygen atoms in total. The van der Waals surface area contributed by atoms with Crippen LogP contribution in [0.25, 0.3) is 10.8 Å². The third kappa shape index (κ3) is 1.50. The summed E-state index contributed by atoms with van der Waals surface area (Å²) in [5, 5.41) is 22.7. The number of fused-ring (bicyclic) bond motifs is 1. The summed E-state index contributed by atoms with van der Waals surface area (Å²) in [7, 11) is 0. The zero-order valence-electron chi connectivity index (χ0n) is 8.10. The molecule has 0 amide bonds. The SMILES string of the molecule is O=C([O-])c1ccc2ccccc2c1C(=O)[O-]. The fourth-order valence-electron chi connectivity index (χ4n) is 1.66. The van der Waals surface area contributed by atoms with Gasteiger partial charge < -0.3 is 19.8 Å². The molecule has 0 spiro atoms. The summed E-state index contributed by atoms with van der Waals surface area (Å²) in [5.41, 5.74) is -0.697. The molecule has 0 atom stereocenters. The number of benzene rings is 2. The molecule has 0 unspecified atom stereocenters. The minimum absolute atomic E-state index is 0.335. The zero-order valence-corrected chi connectivity index (χ0v) is 8.10. The lowest BCUT2D eigenvalue weighted by molar-refractivity contribution is -0.259. The molecule has 2 aromatic carbocycles. The van der Waals surface area contributed by atoms with Gasteiger partial charge in [-0.1, -0.05) is 36.4 Å². The Labute approximate surface area is 90.8 Å². The van der Waals surface area contributed by atoms with Crippen molar-refractivity contribution in [2.45, 2.75) is 0 Å². The molecule has 0 saturated carbocycles. The van der Waals surface area contributed by atoms with Crippen molar-refractivity contribution in [1.82, 2.24) is 0 Å². The van der Waals surface area contributed by atoms with Gasteiger partial charge in [0.05, 0.1) is 11.9 Å². The van der Waals surface area contributed by atoms with Crippen molar-refractivity contribution in [3.63, 3.8) is 0 Å². The summed E-state index contributed by atoms with van der Waals surface area (Å²) in [4.78, 5) is 21.7. The predicted octanol–water partition coefficient (Wildman–Crippen LogP) is -0.433. The van der Waals surface area contributed by atoms with E-state index in [-0.39, 0.29) is 11.1 Å². The number of hydrogen-bond donors (Lipinski definition) is 0. The molecule has 0 aliphatic carbocycles. The maximum atomic E-state index is 10.9. The van der Waals surface area contributed by atoms with Crippen molar-refractivity contribution in [3.05, 3.63) is 47.5 Å². The fraction of sp³-hybridized carbons (Fsp3) is 0. The molecule has 2 aromatic rings. The van der Waals surface area contributed by atoms with Gasteiger partial charge in [0.15, 0.2) is 0 Å². The number of carboxylic acid groups (broad SMARTS) is 2. The zero-order chi connectivity index (χ0) is 11.7. The second kappa shape index (κ2) is 3.66. The second-order valence-electron chi connectivity index (χ2n) is 3.28. The van der Waals surface area contributed by atoms with Crippen LogP contribution in [0.5, 0.6) is 0 Å². The average Bonchev–Trinajstić information content (AvgIpc) is 2.27. The topological polar surface area (TPSA) is 80.3 Å². The summed E-state index contributed by atoms with van der Waals surface area (Å²) in [6.07, 6.45) is 0. The van der Waals surface area contributed by atoms with Crippen molar-refractivity contribution in [2.24, 2.45) is 0 Å². The van der Waals surface area contributed by atoms with E-state index < -0.39 is 11.9 Å². The Kier molecular flexibility index (Phi) is 2.32. The number of rotatable bonds is 2. The van der Waals surface area contributed by atoms with Crippen molar-refractivity contribution >= 4 is 22.7 Å². The lowest BCUT2D eigenvalue weighted by Gasteiger charge is -2.14. The smallest absolute Gasteiger partial charge is 0.0728 e. The highest BCUT2D eigenvalue weighted by Gasteiger charge is 2.08. The lowest BCUT2D eigenvalue weighted by Crippen LogP contribution is -2.30. The third-order valence-corrected chi connectivity index (χ3v) is 2.35. The summed E-state index contributed by atoms with van der Waals surface area (Å²) in [6, 6.07) is 9.34. The Morgan fingerprint density at radius 3 is 2.19 bits per heavy atom. The van der Waals surface area contributed by atoms with E-state index >= 15 is 0 Å². The van der Waals surface area contributed by atoms with Crippen LogP contribution >= 0.6 is 0 Å². The normalized spacial score (nSPS) is 10.2. The molecule has 4 heteroatoms. The van der Waals surface area contributed by atoms with Gasteiger partial charge in [0.25, 0.3) is 0 Å². The highest BCUT2D eigenvalue weighted by molar-refractivity contribution is 6.10. The van der Waals surface area contributed by atoms with Gasteiger partial charge in [-0.15, -0.1) is 0 Å². The first-order chi connectivity index (χ1) is 7.61. The van der Waals surface area contributed by atoms with E-state index in [0.717, 1.165) is 0 Å². The molecule has 0 N–H and O–H groups in total. The van der Waals surface area contributed by atoms with Gasteiger partial charge in [-0.2, -0.15) is 0 Å². The molecule has 16 heavy (non-hydrogen) atoms. The highest BCUT2D eigenvalue weighted by Crippen LogP contribution is 2.21. The largest absolute Gasteiger partial charge is 0.545 e. The molecule has 0 aliphatic heterocycles. The van der Waals surface area contributed by atoms with Gasteiger partial charge in [-0.3, -0.25) is 0 Å². The number of carboxylic acids is 2. The summed E-state index contributed by atoms with van der Waals surface area (Å²) in [6.45, 7) is 0. The Balaban J connectivity index is 2.90. The molecule has 0 aromatic heterocycles. The maximum absolute atomic E-state index is 10.9. The van der Waals surface area contributed by atoms with Gasteiger partial charge in [0, 0.05) is 11.1 Å². The molecule has 0 fully saturated rings. The van der Waals surface area contributed by atoms with E-state index in [1.54, 1.807) is 18.2 Å². The molecule has 80 valence electrons. The van der Waals surface area contributed by atoms with Gasteiger partial charge in [-0.25, -0.2) is 0 Å². The van der Waals surface area contributed by atoms with Crippen LogP contribution in [0, 0.1) is 0 Å². The Morgan fingerprint density at radius 2 is 1.56 bits per heavy atom. The van der Waals surface area contributed by atoms with Gasteiger partial charge in [0.1, 0.15) is 0 Å². The Bertz CT molecular complexity index is 587. The molecular weight excluding hydrogens is 208 g/mol. The molecule has 2 rings (SSSR count). The standard InChI is InChI=1S/C12H8O4/c13-11(14)9-6-5-7-3-1-2-4-8(7)10(9)12(15)16/h1-6H,(H,13,14)(H,15,16)/p-2. The predicted molar refractivity (Wildman–Crippen MR) is 52.6 cm³/mol. The molecule has 0 heterocycles. The minimum Gasteiger partial charge on any atom is -0.545 e. The van der Waals surface area contributed by atoms with Crippen LogP contribution in [0.15, 0.2) is 36.4 Å². The highest BCUT2D eigenvalue weighted by atomic mass is 16.4. The van der Waals surface area contributed by atoms with E-state index in [1.807, 2.05) is 0 Å². The van der Waals surface area contributed by atoms with E-state index in [2.05, 4.69) is 0 Å². The summed E-state index contributed by atoms with van der Waals surface area (Å²) < 4.78 is 0. The van der Waals surface area contributed by atoms with Crippen LogP contribution in [0.3, 0.4) is 0 Å². The van der Waals surface area contributed by atoms with Gasteiger partial charge in [0.2, 0.25) is 0 Å². The van der Waals surface area contributed by atoms with E-state index in [1.165, 1.54) is 18.2 Å². The first-order valence-corrected chi connectivity index (χ1v) is 4.55. The molecule has 0 aliphatic rings. The van der Waals surface area contributed by atoms with Crippen molar-refractivity contribution in [1.29, 1.82) is 0 Å². The molecule has 0 radical (unpaired) electrons. The quantitative estimate of drug-likeness (QED) is 0.679. The first kappa shape index (κ1) is 10.2. The lowest BCUT2D eigenvalue weighted by atomic mass is 9.99. The molecular formula is C12H6O4-2. The third-order valence-electron chi connectivity index (χ3n) is 2.35. The van der Waals surface area contributed by atoms with Gasteiger partial charge >= 0.3 is 0 Å².